The lowest BCUT2D eigenvalue weighted by molar-refractivity contribution is -0.125. The van der Waals surface area contributed by atoms with Crippen LogP contribution in [-0.4, -0.2) is 43.4 Å². The minimum atomic E-state index is -0.604. The van der Waals surface area contributed by atoms with Gasteiger partial charge in [0.25, 0.3) is 5.91 Å². The van der Waals surface area contributed by atoms with E-state index in [1.54, 1.807) is 38.3 Å². The minimum Gasteiger partial charge on any atom is -0.489 e. The highest BCUT2D eigenvalue weighted by Crippen LogP contribution is 2.19. The maximum absolute atomic E-state index is 12.1. The molecule has 0 aliphatic rings. The van der Waals surface area contributed by atoms with Crippen molar-refractivity contribution in [3.8, 4) is 5.75 Å². The fraction of sp³-hybridized carbons (Fsp3) is 0.421. The molecule has 1 aromatic carbocycles. The second-order valence-electron chi connectivity index (χ2n) is 6.12. The summed E-state index contributed by atoms with van der Waals surface area (Å²) in [6, 6.07) is 6.40. The van der Waals surface area contributed by atoms with Gasteiger partial charge in [0.2, 0.25) is 0 Å². The first kappa shape index (κ1) is 20.4. The van der Waals surface area contributed by atoms with Gasteiger partial charge in [-0.1, -0.05) is 11.2 Å². The molecule has 1 atom stereocenters. The van der Waals surface area contributed by atoms with Crippen molar-refractivity contribution in [3.63, 3.8) is 0 Å². The Balaban J connectivity index is 1.88. The first-order valence-electron chi connectivity index (χ1n) is 8.50. The molecule has 0 aliphatic heterocycles. The number of ether oxygens (including phenoxy) is 3. The van der Waals surface area contributed by atoms with Crippen molar-refractivity contribution in [1.82, 2.24) is 10.5 Å². The van der Waals surface area contributed by atoms with Gasteiger partial charge in [-0.25, -0.2) is 4.79 Å². The number of carbonyl (C=O) groups excluding carboxylic acids is 2. The van der Waals surface area contributed by atoms with Crippen LogP contribution >= 0.6 is 0 Å². The van der Waals surface area contributed by atoms with Crippen molar-refractivity contribution in [2.24, 2.45) is 0 Å². The van der Waals surface area contributed by atoms with E-state index in [0.717, 1.165) is 11.3 Å². The van der Waals surface area contributed by atoms with E-state index in [9.17, 15) is 9.59 Å². The highest BCUT2D eigenvalue weighted by molar-refractivity contribution is 5.91. The van der Waals surface area contributed by atoms with Gasteiger partial charge in [-0.3, -0.25) is 4.79 Å². The van der Waals surface area contributed by atoms with Gasteiger partial charge in [0, 0.05) is 13.2 Å². The molecule has 0 aliphatic carbocycles. The van der Waals surface area contributed by atoms with Crippen molar-refractivity contribution in [2.75, 3.05) is 20.3 Å². The molecule has 146 valence electrons. The van der Waals surface area contributed by atoms with Crippen LogP contribution in [0.15, 0.2) is 28.8 Å². The van der Waals surface area contributed by atoms with Crippen molar-refractivity contribution in [3.05, 3.63) is 46.8 Å². The number of rotatable bonds is 9. The molecule has 2 rings (SSSR count). The third-order valence-electron chi connectivity index (χ3n) is 3.79. The number of methoxy groups -OCH3 is 1. The second kappa shape index (κ2) is 9.72. The zero-order valence-electron chi connectivity index (χ0n) is 15.9. The third kappa shape index (κ3) is 6.10. The van der Waals surface area contributed by atoms with Gasteiger partial charge in [0.1, 0.15) is 18.1 Å². The Bertz CT molecular complexity index is 767. The molecule has 0 saturated carbocycles. The first-order chi connectivity index (χ1) is 12.9. The molecule has 0 bridgehead atoms. The molecule has 0 unspecified atom stereocenters. The smallest absolute Gasteiger partial charge is 0.338 e. The summed E-state index contributed by atoms with van der Waals surface area (Å²) in [7, 11) is 1.55. The molecule has 1 N–H and O–H groups in total. The van der Waals surface area contributed by atoms with E-state index >= 15 is 0 Å². The number of nitrogens with one attached hydrogen (secondary N) is 1. The third-order valence-corrected chi connectivity index (χ3v) is 3.79. The van der Waals surface area contributed by atoms with Gasteiger partial charge in [-0.05, 0) is 39.0 Å². The van der Waals surface area contributed by atoms with Gasteiger partial charge in [0.05, 0.1) is 23.4 Å². The number of hydrogen-bond acceptors (Lipinski definition) is 7. The van der Waals surface area contributed by atoms with E-state index in [2.05, 4.69) is 10.5 Å². The van der Waals surface area contributed by atoms with Crippen LogP contribution in [0.1, 0.15) is 34.3 Å². The summed E-state index contributed by atoms with van der Waals surface area (Å²) < 4.78 is 20.8. The van der Waals surface area contributed by atoms with Gasteiger partial charge in [-0.15, -0.1) is 0 Å². The molecule has 0 radical (unpaired) electrons. The molecule has 0 saturated heterocycles. The van der Waals surface area contributed by atoms with E-state index in [0.29, 0.717) is 23.7 Å². The van der Waals surface area contributed by atoms with Crippen molar-refractivity contribution >= 4 is 11.9 Å². The van der Waals surface area contributed by atoms with Crippen LogP contribution in [0.3, 0.4) is 0 Å². The highest BCUT2D eigenvalue weighted by atomic mass is 16.5. The predicted octanol–water partition coefficient (Wildman–Crippen LogP) is 2.18. The van der Waals surface area contributed by atoms with Gasteiger partial charge >= 0.3 is 5.97 Å². The van der Waals surface area contributed by atoms with E-state index in [4.69, 9.17) is 18.7 Å². The molecule has 27 heavy (non-hydrogen) atoms. The standard InChI is InChI=1S/C19H24N2O6/c1-12(9-24-4)20-18(22)11-26-19(23)15-6-5-7-16(8-15)25-10-17-13(2)21-27-14(17)3/h5-8,12H,9-11H2,1-4H3,(H,20,22)/t12-/m0/s1. The Morgan fingerprint density at radius 2 is 2.07 bits per heavy atom. The Morgan fingerprint density at radius 1 is 1.30 bits per heavy atom. The fourth-order valence-electron chi connectivity index (χ4n) is 2.40. The largest absolute Gasteiger partial charge is 0.489 e. The summed E-state index contributed by atoms with van der Waals surface area (Å²) in [5.74, 6) is 0.199. The Hall–Kier alpha value is -2.87. The Labute approximate surface area is 157 Å². The highest BCUT2D eigenvalue weighted by Gasteiger charge is 2.14. The summed E-state index contributed by atoms with van der Waals surface area (Å²) in [4.78, 5) is 23.9. The average molecular weight is 376 g/mol. The minimum absolute atomic E-state index is 0.165. The molecular weight excluding hydrogens is 352 g/mol. The normalized spacial score (nSPS) is 11.7. The van der Waals surface area contributed by atoms with Crippen LogP contribution in [0, 0.1) is 13.8 Å². The molecule has 1 amide bonds. The first-order valence-corrected chi connectivity index (χ1v) is 8.50. The van der Waals surface area contributed by atoms with Crippen molar-refractivity contribution in [1.29, 1.82) is 0 Å². The maximum Gasteiger partial charge on any atom is 0.338 e. The Kier molecular flexibility index (Phi) is 7.36. The molecule has 0 spiro atoms. The lowest BCUT2D eigenvalue weighted by Gasteiger charge is -2.13. The van der Waals surface area contributed by atoms with Gasteiger partial charge < -0.3 is 24.1 Å². The van der Waals surface area contributed by atoms with E-state index < -0.39 is 11.9 Å². The number of aryl methyl sites for hydroxylation is 2. The average Bonchev–Trinajstić information content (AvgIpc) is 2.96. The molecule has 1 aromatic heterocycles. The number of carbonyl (C=O) groups is 2. The summed E-state index contributed by atoms with van der Waals surface area (Å²) in [6.45, 7) is 5.73. The predicted molar refractivity (Wildman–Crippen MR) is 96.5 cm³/mol. The molecule has 2 aromatic rings. The van der Waals surface area contributed by atoms with Crippen LogP contribution in [0.4, 0.5) is 0 Å². The van der Waals surface area contributed by atoms with Crippen LogP contribution in [0.25, 0.3) is 0 Å². The van der Waals surface area contributed by atoms with E-state index in [1.165, 1.54) is 0 Å². The number of amides is 1. The zero-order chi connectivity index (χ0) is 19.8. The molecule has 8 nitrogen and oxygen atoms in total. The lowest BCUT2D eigenvalue weighted by Crippen LogP contribution is -2.38. The number of aromatic nitrogens is 1. The molecular formula is C19H24N2O6. The SMILES string of the molecule is COC[C@H](C)NC(=O)COC(=O)c1cccc(OCc2c(C)noc2C)c1. The van der Waals surface area contributed by atoms with Crippen LogP contribution in [-0.2, 0) is 20.9 Å². The van der Waals surface area contributed by atoms with Crippen molar-refractivity contribution < 1.29 is 28.3 Å². The van der Waals surface area contributed by atoms with E-state index in [1.807, 2.05) is 13.8 Å². The molecule has 0 fully saturated rings. The van der Waals surface area contributed by atoms with Gasteiger partial charge in [-0.2, -0.15) is 0 Å². The van der Waals surface area contributed by atoms with Gasteiger partial charge in [0.15, 0.2) is 6.61 Å². The summed E-state index contributed by atoms with van der Waals surface area (Å²) in [5, 5.41) is 6.54. The maximum atomic E-state index is 12.1. The second-order valence-corrected chi connectivity index (χ2v) is 6.12. The lowest BCUT2D eigenvalue weighted by atomic mass is 10.2. The van der Waals surface area contributed by atoms with Crippen LogP contribution in [0.5, 0.6) is 5.75 Å². The molecule has 1 heterocycles. The Morgan fingerprint density at radius 3 is 2.74 bits per heavy atom. The topological polar surface area (TPSA) is 99.9 Å². The number of nitrogens with zero attached hydrogens (tertiary/aromatic N) is 1. The fourth-order valence-corrected chi connectivity index (χ4v) is 2.40. The summed E-state index contributed by atoms with van der Waals surface area (Å²) >= 11 is 0. The van der Waals surface area contributed by atoms with E-state index in [-0.39, 0.29) is 19.3 Å². The number of esters is 1. The number of benzene rings is 1. The monoisotopic (exact) mass is 376 g/mol. The zero-order valence-corrected chi connectivity index (χ0v) is 15.9. The summed E-state index contributed by atoms with van der Waals surface area (Å²) in [6.07, 6.45) is 0. The summed E-state index contributed by atoms with van der Waals surface area (Å²) in [5.41, 5.74) is 1.92. The van der Waals surface area contributed by atoms with Crippen LogP contribution < -0.4 is 10.1 Å². The van der Waals surface area contributed by atoms with Crippen molar-refractivity contribution in [2.45, 2.75) is 33.4 Å². The molecule has 8 heteroatoms. The number of hydrogen-bond donors (Lipinski definition) is 1. The van der Waals surface area contributed by atoms with Crippen LogP contribution in [0.2, 0.25) is 0 Å². The quantitative estimate of drug-likeness (QED) is 0.670.